The van der Waals surface area contributed by atoms with E-state index in [4.69, 9.17) is 14.7 Å². The SMILES string of the molecule is CSc1ccc(-c2ccc3c(c2)c2ccccc2n3C2=NC(c3ccc(-c4ccccc4)cc3)C3CCc4ccccc4C3=N2)cc1-c1cc2c3c(cccc3c1)OC1=C2CCC=N1. The molecule has 2 atom stereocenters. The summed E-state index contributed by atoms with van der Waals surface area (Å²) in [7, 11) is 0. The van der Waals surface area contributed by atoms with Crippen molar-refractivity contribution in [2.75, 3.05) is 6.26 Å². The molecular weight excluding hydrogens is 801 g/mol. The molecule has 0 saturated carbocycles. The van der Waals surface area contributed by atoms with Gasteiger partial charge in [-0.05, 0) is 141 Å². The van der Waals surface area contributed by atoms with Crippen LogP contribution in [0.15, 0.2) is 196 Å². The Morgan fingerprint density at radius 3 is 2.28 bits per heavy atom. The Labute approximate surface area is 376 Å². The van der Waals surface area contributed by atoms with E-state index >= 15 is 0 Å². The molecule has 0 bridgehead atoms. The minimum Gasteiger partial charge on any atom is -0.438 e. The molecule has 13 rings (SSSR count). The molecule has 3 aliphatic heterocycles. The Morgan fingerprint density at radius 1 is 0.609 bits per heavy atom. The Balaban J connectivity index is 0.947. The Bertz CT molecular complexity index is 3520. The smallest absolute Gasteiger partial charge is 0.230 e. The summed E-state index contributed by atoms with van der Waals surface area (Å²) >= 11 is 1.79. The molecule has 0 fully saturated rings. The molecule has 0 amide bonds. The van der Waals surface area contributed by atoms with Crippen LogP contribution in [0.25, 0.3) is 71.5 Å². The lowest BCUT2D eigenvalue weighted by atomic mass is 9.76. The van der Waals surface area contributed by atoms with Gasteiger partial charge in [-0.3, -0.25) is 4.57 Å². The highest BCUT2D eigenvalue weighted by atomic mass is 32.2. The Morgan fingerprint density at radius 2 is 1.38 bits per heavy atom. The second-order valence-electron chi connectivity index (χ2n) is 17.3. The van der Waals surface area contributed by atoms with Crippen molar-refractivity contribution in [1.29, 1.82) is 0 Å². The van der Waals surface area contributed by atoms with Crippen LogP contribution < -0.4 is 4.74 Å². The number of nitrogens with zero attached hydrogens (tertiary/aromatic N) is 4. The molecule has 4 heterocycles. The highest BCUT2D eigenvalue weighted by Gasteiger charge is 2.37. The number of para-hydroxylation sites is 1. The maximum atomic E-state index is 6.32. The van der Waals surface area contributed by atoms with Crippen molar-refractivity contribution in [2.45, 2.75) is 36.6 Å². The van der Waals surface area contributed by atoms with Crippen LogP contribution in [0.4, 0.5) is 0 Å². The van der Waals surface area contributed by atoms with Crippen LogP contribution in [0.1, 0.15) is 47.6 Å². The zero-order valence-electron chi connectivity index (χ0n) is 35.3. The molecule has 2 unspecified atom stereocenters. The van der Waals surface area contributed by atoms with Gasteiger partial charge in [0.05, 0.1) is 22.8 Å². The number of aromatic nitrogens is 1. The number of rotatable bonds is 5. The Kier molecular flexibility index (Phi) is 8.70. The van der Waals surface area contributed by atoms with Gasteiger partial charge in [-0.15, -0.1) is 11.8 Å². The van der Waals surface area contributed by atoms with Gasteiger partial charge < -0.3 is 4.74 Å². The molecule has 8 aromatic carbocycles. The maximum Gasteiger partial charge on any atom is 0.230 e. The number of aliphatic imine (C=N–C) groups is 3. The van der Waals surface area contributed by atoms with Gasteiger partial charge in [0.25, 0.3) is 0 Å². The summed E-state index contributed by atoms with van der Waals surface area (Å²) in [5.74, 6) is 2.54. The van der Waals surface area contributed by atoms with E-state index < -0.39 is 0 Å². The Hall–Kier alpha value is -7.28. The van der Waals surface area contributed by atoms with Crippen LogP contribution in [-0.2, 0) is 6.42 Å². The lowest BCUT2D eigenvalue weighted by Crippen LogP contribution is -2.34. The zero-order valence-corrected chi connectivity index (χ0v) is 36.1. The summed E-state index contributed by atoms with van der Waals surface area (Å²) in [6.45, 7) is 0. The van der Waals surface area contributed by atoms with Crippen molar-refractivity contribution >= 4 is 67.8 Å². The minimum atomic E-state index is -0.0676. The van der Waals surface area contributed by atoms with Crippen LogP contribution in [0.2, 0.25) is 0 Å². The fourth-order valence-corrected chi connectivity index (χ4v) is 11.3. The molecule has 64 heavy (non-hydrogen) atoms. The molecule has 0 spiro atoms. The molecule has 5 nitrogen and oxygen atoms in total. The number of fused-ring (bicyclic) bond motifs is 7. The van der Waals surface area contributed by atoms with Gasteiger partial charge in [0.15, 0.2) is 0 Å². The zero-order chi connectivity index (χ0) is 42.3. The number of aryl methyl sites for hydroxylation is 1. The van der Waals surface area contributed by atoms with Gasteiger partial charge >= 0.3 is 0 Å². The van der Waals surface area contributed by atoms with E-state index in [-0.39, 0.29) is 12.0 Å². The summed E-state index contributed by atoms with van der Waals surface area (Å²) in [5.41, 5.74) is 16.8. The molecule has 306 valence electrons. The third-order valence-corrected chi connectivity index (χ3v) is 14.6. The third kappa shape index (κ3) is 5.96. The van der Waals surface area contributed by atoms with Gasteiger partial charge in [0, 0.05) is 38.8 Å². The van der Waals surface area contributed by atoms with Gasteiger partial charge in [-0.1, -0.05) is 121 Å². The van der Waals surface area contributed by atoms with Crippen LogP contribution in [0.3, 0.4) is 0 Å². The van der Waals surface area contributed by atoms with E-state index in [2.05, 4.69) is 186 Å². The van der Waals surface area contributed by atoms with E-state index in [0.717, 1.165) is 60.0 Å². The number of allylic oxidation sites excluding steroid dienone is 1. The quantitative estimate of drug-likeness (QED) is 0.162. The summed E-state index contributed by atoms with van der Waals surface area (Å²) in [6, 6.07) is 62.1. The van der Waals surface area contributed by atoms with Crippen molar-refractivity contribution in [3.8, 4) is 39.1 Å². The molecular formula is C58H42N4OS. The molecule has 4 aliphatic rings. The van der Waals surface area contributed by atoms with Crippen molar-refractivity contribution in [3.05, 3.63) is 198 Å². The fraction of sp³-hybridized carbons (Fsp3) is 0.121. The van der Waals surface area contributed by atoms with E-state index in [1.807, 2.05) is 6.21 Å². The average Bonchev–Trinajstić information content (AvgIpc) is 3.70. The van der Waals surface area contributed by atoms with Crippen LogP contribution in [0.5, 0.6) is 5.75 Å². The second-order valence-corrected chi connectivity index (χ2v) is 18.1. The highest BCUT2D eigenvalue weighted by molar-refractivity contribution is 7.98. The standard InChI is InChI=1S/C58H42N4OS/c1-64-53-29-26-40(32-47(53)42-31-41-14-9-19-52-54(41)49(34-42)45-17-10-30-59-57(45)63-52)39-25-28-51-48(33-39)44-16-7-8-18-50(44)62(51)58-60-55(38-22-20-36(21-23-38)35-11-3-2-4-12-35)46-27-24-37-13-5-6-15-43(37)56(46)61-58/h2-9,11-16,18-23,25-26,28-34,46,55H,10,17,24,27H2,1H3. The van der Waals surface area contributed by atoms with E-state index in [9.17, 15) is 0 Å². The third-order valence-electron chi connectivity index (χ3n) is 13.8. The first-order chi connectivity index (χ1) is 31.7. The second kappa shape index (κ2) is 14.9. The number of hydrogen-bond donors (Lipinski definition) is 0. The highest BCUT2D eigenvalue weighted by Crippen LogP contribution is 2.47. The van der Waals surface area contributed by atoms with Crippen molar-refractivity contribution in [2.24, 2.45) is 20.9 Å². The molecule has 9 aromatic rings. The lowest BCUT2D eigenvalue weighted by molar-refractivity contribution is 0.421. The first-order valence-corrected chi connectivity index (χ1v) is 23.5. The van der Waals surface area contributed by atoms with Crippen LogP contribution in [0, 0.1) is 5.92 Å². The predicted molar refractivity (Wildman–Crippen MR) is 267 cm³/mol. The van der Waals surface area contributed by atoms with Gasteiger partial charge in [0.2, 0.25) is 11.8 Å². The summed E-state index contributed by atoms with van der Waals surface area (Å²) in [6.07, 6.45) is 8.01. The van der Waals surface area contributed by atoms with Gasteiger partial charge in [-0.2, -0.15) is 0 Å². The normalized spacial score (nSPS) is 17.5. The molecule has 1 aliphatic carbocycles. The van der Waals surface area contributed by atoms with Gasteiger partial charge in [-0.25, -0.2) is 15.0 Å². The topological polar surface area (TPSA) is 51.2 Å². The number of ether oxygens (including phenoxy) is 1. The summed E-state index contributed by atoms with van der Waals surface area (Å²) in [5, 5.41) is 4.72. The first-order valence-electron chi connectivity index (χ1n) is 22.3. The number of hydrogen-bond acceptors (Lipinski definition) is 5. The molecule has 0 N–H and O–H groups in total. The fourth-order valence-electron chi connectivity index (χ4n) is 10.7. The summed E-state index contributed by atoms with van der Waals surface area (Å²) < 4.78 is 8.63. The average molecular weight is 843 g/mol. The molecule has 6 heteroatoms. The van der Waals surface area contributed by atoms with Crippen LogP contribution in [-0.4, -0.2) is 28.7 Å². The van der Waals surface area contributed by atoms with E-state index in [0.29, 0.717) is 0 Å². The molecule has 0 radical (unpaired) electrons. The predicted octanol–water partition coefficient (Wildman–Crippen LogP) is 14.6. The van der Waals surface area contributed by atoms with Gasteiger partial charge in [0.1, 0.15) is 5.75 Å². The largest absolute Gasteiger partial charge is 0.438 e. The number of benzene rings is 8. The first kappa shape index (κ1) is 37.3. The lowest BCUT2D eigenvalue weighted by Gasteiger charge is -2.34. The number of thioether (sulfide) groups is 1. The van der Waals surface area contributed by atoms with E-state index in [1.54, 1.807) is 11.8 Å². The van der Waals surface area contributed by atoms with Crippen LogP contribution >= 0.6 is 11.8 Å². The molecule has 1 aromatic heterocycles. The monoisotopic (exact) mass is 842 g/mol. The van der Waals surface area contributed by atoms with Crippen molar-refractivity contribution < 1.29 is 4.74 Å². The van der Waals surface area contributed by atoms with Crippen molar-refractivity contribution in [1.82, 2.24) is 4.57 Å². The van der Waals surface area contributed by atoms with E-state index in [1.165, 1.54) is 87.6 Å². The maximum absolute atomic E-state index is 6.32. The molecule has 0 saturated heterocycles. The minimum absolute atomic E-state index is 0.0676. The summed E-state index contributed by atoms with van der Waals surface area (Å²) in [4.78, 5) is 17.1. The van der Waals surface area contributed by atoms with Crippen molar-refractivity contribution in [3.63, 3.8) is 0 Å².